The Hall–Kier alpha value is -1.82. The summed E-state index contributed by atoms with van der Waals surface area (Å²) in [7, 11) is 0. The number of para-hydroxylation sites is 1. The third-order valence-electron chi connectivity index (χ3n) is 2.79. The van der Waals surface area contributed by atoms with Gasteiger partial charge in [0.1, 0.15) is 6.33 Å². The fourth-order valence-electron chi connectivity index (χ4n) is 1.65. The Morgan fingerprint density at radius 2 is 1.95 bits per heavy atom. The van der Waals surface area contributed by atoms with E-state index in [1.807, 2.05) is 41.8 Å². The molecule has 0 aliphatic rings. The van der Waals surface area contributed by atoms with Crippen LogP contribution in [0.5, 0.6) is 0 Å². The number of amides is 1. The van der Waals surface area contributed by atoms with Crippen molar-refractivity contribution in [1.29, 1.82) is 0 Å². The Balaban J connectivity index is 1.99. The van der Waals surface area contributed by atoms with Gasteiger partial charge in [0, 0.05) is 11.7 Å². The van der Waals surface area contributed by atoms with Crippen molar-refractivity contribution in [2.45, 2.75) is 37.2 Å². The maximum Gasteiger partial charge on any atom is 0.237 e. The van der Waals surface area contributed by atoms with E-state index < -0.39 is 0 Å². The standard InChI is InChI=1S/C14H18N4OS/c1-10(2)18-9-15-17-14(18)20-11(3)13(19)16-12-7-5-4-6-8-12/h4-11H,1-3H3,(H,16,19)/t11-/m0/s1. The van der Waals surface area contributed by atoms with Crippen LogP contribution < -0.4 is 5.32 Å². The summed E-state index contributed by atoms with van der Waals surface area (Å²) in [6, 6.07) is 9.71. The summed E-state index contributed by atoms with van der Waals surface area (Å²) in [6.07, 6.45) is 1.69. The highest BCUT2D eigenvalue weighted by Crippen LogP contribution is 2.24. The molecule has 1 aromatic carbocycles. The summed E-state index contributed by atoms with van der Waals surface area (Å²) in [5.41, 5.74) is 0.801. The number of carbonyl (C=O) groups is 1. The highest BCUT2D eigenvalue weighted by Gasteiger charge is 2.18. The van der Waals surface area contributed by atoms with Gasteiger partial charge in [-0.25, -0.2) is 0 Å². The second-order valence-electron chi connectivity index (χ2n) is 4.73. The van der Waals surface area contributed by atoms with Crippen LogP contribution in [-0.2, 0) is 4.79 Å². The molecule has 0 saturated heterocycles. The van der Waals surface area contributed by atoms with Crippen LogP contribution in [0.4, 0.5) is 5.69 Å². The molecule has 1 amide bonds. The molecule has 20 heavy (non-hydrogen) atoms. The first-order chi connectivity index (χ1) is 9.58. The number of nitrogens with zero attached hydrogens (tertiary/aromatic N) is 3. The lowest BCUT2D eigenvalue weighted by Gasteiger charge is -2.13. The van der Waals surface area contributed by atoms with Crippen LogP contribution in [0, 0.1) is 0 Å². The van der Waals surface area contributed by atoms with E-state index in [1.165, 1.54) is 11.8 Å². The third-order valence-corrected chi connectivity index (χ3v) is 3.86. The summed E-state index contributed by atoms with van der Waals surface area (Å²) in [4.78, 5) is 12.1. The Kier molecular flexibility index (Phi) is 4.79. The molecule has 106 valence electrons. The van der Waals surface area contributed by atoms with Crippen LogP contribution in [0.25, 0.3) is 0 Å². The van der Waals surface area contributed by atoms with Crippen LogP contribution in [-0.4, -0.2) is 25.9 Å². The number of nitrogens with one attached hydrogen (secondary N) is 1. The molecule has 2 aromatic rings. The molecule has 0 radical (unpaired) electrons. The molecule has 0 aliphatic heterocycles. The number of hydrogen-bond donors (Lipinski definition) is 1. The molecular formula is C14H18N4OS. The highest BCUT2D eigenvalue weighted by atomic mass is 32.2. The lowest BCUT2D eigenvalue weighted by molar-refractivity contribution is -0.115. The van der Waals surface area contributed by atoms with Gasteiger partial charge in [0.15, 0.2) is 5.16 Å². The predicted octanol–water partition coefficient (Wildman–Crippen LogP) is 2.98. The Labute approximate surface area is 122 Å². The lowest BCUT2D eigenvalue weighted by Crippen LogP contribution is -2.23. The van der Waals surface area contributed by atoms with Gasteiger partial charge in [0.05, 0.1) is 5.25 Å². The van der Waals surface area contributed by atoms with E-state index in [2.05, 4.69) is 29.4 Å². The zero-order chi connectivity index (χ0) is 14.5. The monoisotopic (exact) mass is 290 g/mol. The van der Waals surface area contributed by atoms with Gasteiger partial charge in [-0.3, -0.25) is 4.79 Å². The summed E-state index contributed by atoms with van der Waals surface area (Å²) in [5.74, 6) is -0.0421. The number of carbonyl (C=O) groups excluding carboxylic acids is 1. The van der Waals surface area contributed by atoms with Crippen LogP contribution in [0.3, 0.4) is 0 Å². The summed E-state index contributed by atoms with van der Waals surface area (Å²) >= 11 is 1.41. The second-order valence-corrected chi connectivity index (χ2v) is 6.04. The number of aromatic nitrogens is 3. The number of anilines is 1. The molecule has 0 fully saturated rings. The number of rotatable bonds is 5. The SMILES string of the molecule is CC(C)n1cnnc1S[C@@H](C)C(=O)Nc1ccccc1. The lowest BCUT2D eigenvalue weighted by atomic mass is 10.3. The molecule has 0 bridgehead atoms. The number of benzene rings is 1. The van der Waals surface area contributed by atoms with E-state index in [9.17, 15) is 4.79 Å². The van der Waals surface area contributed by atoms with E-state index in [-0.39, 0.29) is 17.2 Å². The van der Waals surface area contributed by atoms with Crippen LogP contribution in [0.2, 0.25) is 0 Å². The Bertz CT molecular complexity index is 568. The van der Waals surface area contributed by atoms with Crippen molar-refractivity contribution in [3.05, 3.63) is 36.7 Å². The average molecular weight is 290 g/mol. The van der Waals surface area contributed by atoms with Gasteiger partial charge in [0.25, 0.3) is 0 Å². The summed E-state index contributed by atoms with van der Waals surface area (Å²) < 4.78 is 1.96. The molecule has 0 spiro atoms. The molecule has 1 heterocycles. The first kappa shape index (κ1) is 14.6. The van der Waals surface area contributed by atoms with Gasteiger partial charge in [-0.1, -0.05) is 30.0 Å². The Morgan fingerprint density at radius 3 is 2.60 bits per heavy atom. The van der Waals surface area contributed by atoms with E-state index >= 15 is 0 Å². The van der Waals surface area contributed by atoms with Gasteiger partial charge >= 0.3 is 0 Å². The molecule has 0 aliphatic carbocycles. The smallest absolute Gasteiger partial charge is 0.237 e. The molecular weight excluding hydrogens is 272 g/mol. The first-order valence-corrected chi connectivity index (χ1v) is 7.38. The Morgan fingerprint density at radius 1 is 1.25 bits per heavy atom. The summed E-state index contributed by atoms with van der Waals surface area (Å²) in [5, 5.41) is 11.4. The predicted molar refractivity (Wildman–Crippen MR) is 80.8 cm³/mol. The zero-order valence-electron chi connectivity index (χ0n) is 11.8. The van der Waals surface area contributed by atoms with Crippen molar-refractivity contribution in [2.24, 2.45) is 0 Å². The maximum atomic E-state index is 12.1. The quantitative estimate of drug-likeness (QED) is 0.860. The molecule has 1 aromatic heterocycles. The molecule has 5 nitrogen and oxygen atoms in total. The molecule has 0 unspecified atom stereocenters. The first-order valence-electron chi connectivity index (χ1n) is 6.50. The van der Waals surface area contributed by atoms with E-state index in [1.54, 1.807) is 6.33 Å². The number of hydrogen-bond acceptors (Lipinski definition) is 4. The van der Waals surface area contributed by atoms with Crippen molar-refractivity contribution < 1.29 is 4.79 Å². The summed E-state index contributed by atoms with van der Waals surface area (Å²) in [6.45, 7) is 5.98. The second kappa shape index (κ2) is 6.56. The molecule has 2 rings (SSSR count). The van der Waals surface area contributed by atoms with Crippen molar-refractivity contribution in [3.63, 3.8) is 0 Å². The zero-order valence-corrected chi connectivity index (χ0v) is 12.6. The van der Waals surface area contributed by atoms with E-state index in [4.69, 9.17) is 0 Å². The normalized spacial score (nSPS) is 12.4. The van der Waals surface area contributed by atoms with Gasteiger partial charge in [-0.2, -0.15) is 0 Å². The average Bonchev–Trinajstić information content (AvgIpc) is 2.88. The minimum Gasteiger partial charge on any atom is -0.325 e. The maximum absolute atomic E-state index is 12.1. The fraction of sp³-hybridized carbons (Fsp3) is 0.357. The fourth-order valence-corrected chi connectivity index (χ4v) is 2.60. The van der Waals surface area contributed by atoms with Crippen LogP contribution in [0.15, 0.2) is 41.8 Å². The highest BCUT2D eigenvalue weighted by molar-refractivity contribution is 8.00. The van der Waals surface area contributed by atoms with Crippen molar-refractivity contribution >= 4 is 23.4 Å². The topological polar surface area (TPSA) is 59.8 Å². The van der Waals surface area contributed by atoms with Crippen LogP contribution >= 0.6 is 11.8 Å². The molecule has 0 saturated carbocycles. The van der Waals surface area contributed by atoms with E-state index in [0.29, 0.717) is 0 Å². The van der Waals surface area contributed by atoms with Crippen molar-refractivity contribution in [1.82, 2.24) is 14.8 Å². The molecule has 1 N–H and O–H groups in total. The van der Waals surface area contributed by atoms with Gasteiger partial charge in [-0.05, 0) is 32.9 Å². The number of thioether (sulfide) groups is 1. The van der Waals surface area contributed by atoms with Gasteiger partial charge in [0.2, 0.25) is 5.91 Å². The van der Waals surface area contributed by atoms with Crippen molar-refractivity contribution in [3.8, 4) is 0 Å². The third kappa shape index (κ3) is 3.60. The van der Waals surface area contributed by atoms with Crippen molar-refractivity contribution in [2.75, 3.05) is 5.32 Å². The minimum atomic E-state index is -0.239. The molecule has 1 atom stereocenters. The van der Waals surface area contributed by atoms with Gasteiger partial charge in [-0.15, -0.1) is 10.2 Å². The van der Waals surface area contributed by atoms with Gasteiger partial charge < -0.3 is 9.88 Å². The van der Waals surface area contributed by atoms with E-state index in [0.717, 1.165) is 10.8 Å². The largest absolute Gasteiger partial charge is 0.325 e. The van der Waals surface area contributed by atoms with Crippen LogP contribution in [0.1, 0.15) is 26.8 Å². The minimum absolute atomic E-state index is 0.0421. The molecule has 6 heteroatoms.